The number of sulfonamides is 1. The van der Waals surface area contributed by atoms with Gasteiger partial charge in [-0.25, -0.2) is 13.4 Å². The number of aryl methyl sites for hydroxylation is 1. The lowest BCUT2D eigenvalue weighted by Gasteiger charge is -2.09. The number of hydrogen-bond donors (Lipinski definition) is 2. The number of nitrogens with zero attached hydrogens (tertiary/aromatic N) is 1. The quantitative estimate of drug-likeness (QED) is 0.499. The fourth-order valence-corrected chi connectivity index (χ4v) is 4.84. The van der Waals surface area contributed by atoms with Crippen LogP contribution in [0.2, 0.25) is 0 Å². The number of carbonyl (C=O) groups excluding carboxylic acids is 1. The molecule has 0 aliphatic heterocycles. The van der Waals surface area contributed by atoms with Crippen molar-refractivity contribution in [2.75, 3.05) is 18.4 Å². The van der Waals surface area contributed by atoms with Crippen LogP contribution >= 0.6 is 11.3 Å². The second-order valence-electron chi connectivity index (χ2n) is 6.47. The summed E-state index contributed by atoms with van der Waals surface area (Å²) < 4.78 is 32.5. The van der Waals surface area contributed by atoms with E-state index in [1.807, 2.05) is 24.3 Å². The molecule has 0 aliphatic carbocycles. The van der Waals surface area contributed by atoms with E-state index < -0.39 is 10.0 Å². The van der Waals surface area contributed by atoms with Crippen molar-refractivity contribution in [3.63, 3.8) is 0 Å². The molecule has 3 aromatic rings. The van der Waals surface area contributed by atoms with E-state index >= 15 is 0 Å². The number of methoxy groups -OCH3 is 1. The molecule has 0 aliphatic rings. The van der Waals surface area contributed by atoms with Gasteiger partial charge >= 0.3 is 0 Å². The Morgan fingerprint density at radius 2 is 1.80 bits per heavy atom. The van der Waals surface area contributed by atoms with Crippen LogP contribution in [0.15, 0.2) is 64.9 Å². The van der Waals surface area contributed by atoms with E-state index in [1.165, 1.54) is 23.5 Å². The molecule has 2 aromatic carbocycles. The van der Waals surface area contributed by atoms with Crippen LogP contribution < -0.4 is 14.8 Å². The fourth-order valence-electron chi connectivity index (χ4n) is 2.82. The summed E-state index contributed by atoms with van der Waals surface area (Å²) in [6, 6.07) is 15.8. The number of amides is 1. The van der Waals surface area contributed by atoms with E-state index in [1.54, 1.807) is 30.7 Å². The molecule has 2 N–H and O–H groups in total. The topological polar surface area (TPSA) is 97.4 Å². The van der Waals surface area contributed by atoms with Crippen LogP contribution in [-0.2, 0) is 27.7 Å². The first kappa shape index (κ1) is 21.8. The molecule has 0 saturated heterocycles. The van der Waals surface area contributed by atoms with Gasteiger partial charge in [0.15, 0.2) is 5.13 Å². The number of hydrogen-bond acceptors (Lipinski definition) is 6. The minimum Gasteiger partial charge on any atom is -0.496 e. The molecule has 3 rings (SSSR count). The first-order valence-corrected chi connectivity index (χ1v) is 11.7. The van der Waals surface area contributed by atoms with Crippen LogP contribution in [0.1, 0.15) is 17.7 Å². The van der Waals surface area contributed by atoms with E-state index in [4.69, 9.17) is 4.74 Å². The molecule has 1 amide bonds. The van der Waals surface area contributed by atoms with Gasteiger partial charge in [0.25, 0.3) is 10.0 Å². The van der Waals surface area contributed by atoms with Gasteiger partial charge in [0.1, 0.15) is 5.75 Å². The minimum absolute atomic E-state index is 0.0793. The summed E-state index contributed by atoms with van der Waals surface area (Å²) in [5.74, 6) is 0.726. The van der Waals surface area contributed by atoms with E-state index in [2.05, 4.69) is 15.0 Å². The molecular formula is C21H23N3O4S2. The van der Waals surface area contributed by atoms with Gasteiger partial charge in [-0.3, -0.25) is 9.52 Å². The fraction of sp³-hybridized carbons (Fsp3) is 0.238. The number of thiazole rings is 1. The maximum atomic E-state index is 12.3. The Balaban J connectivity index is 1.45. The summed E-state index contributed by atoms with van der Waals surface area (Å²) in [4.78, 5) is 16.6. The van der Waals surface area contributed by atoms with Crippen LogP contribution in [0.25, 0.3) is 0 Å². The average molecular weight is 446 g/mol. The number of anilines is 1. The Kier molecular flexibility index (Phi) is 7.42. The first-order chi connectivity index (χ1) is 14.5. The molecule has 0 spiro atoms. The molecule has 30 heavy (non-hydrogen) atoms. The number of benzene rings is 2. The molecule has 0 saturated carbocycles. The molecule has 0 radical (unpaired) electrons. The highest BCUT2D eigenvalue weighted by atomic mass is 32.2. The third-order valence-electron chi connectivity index (χ3n) is 4.34. The third kappa shape index (κ3) is 6.04. The minimum atomic E-state index is -3.67. The molecule has 7 nitrogen and oxygen atoms in total. The molecule has 0 atom stereocenters. The molecule has 0 fully saturated rings. The number of nitrogens with one attached hydrogen (secondary N) is 2. The van der Waals surface area contributed by atoms with Crippen molar-refractivity contribution in [2.24, 2.45) is 0 Å². The van der Waals surface area contributed by atoms with Crippen molar-refractivity contribution in [2.45, 2.75) is 24.2 Å². The summed E-state index contributed by atoms with van der Waals surface area (Å²) >= 11 is 1.19. The van der Waals surface area contributed by atoms with Gasteiger partial charge in [0.05, 0.1) is 17.7 Å². The summed E-state index contributed by atoms with van der Waals surface area (Å²) in [6.07, 6.45) is 1.39. The van der Waals surface area contributed by atoms with Crippen LogP contribution in [0.5, 0.6) is 5.75 Å². The highest BCUT2D eigenvalue weighted by molar-refractivity contribution is 7.93. The third-order valence-corrected chi connectivity index (χ3v) is 6.63. The molecule has 9 heteroatoms. The summed E-state index contributed by atoms with van der Waals surface area (Å²) in [6.45, 7) is 0.512. The molecule has 0 unspecified atom stereocenters. The van der Waals surface area contributed by atoms with Crippen molar-refractivity contribution in [3.05, 3.63) is 71.2 Å². The Bertz CT molecular complexity index is 1080. The van der Waals surface area contributed by atoms with Crippen LogP contribution in [0.4, 0.5) is 5.13 Å². The van der Waals surface area contributed by atoms with E-state index in [9.17, 15) is 13.2 Å². The van der Waals surface area contributed by atoms with Crippen molar-refractivity contribution >= 4 is 32.4 Å². The standard InChI is InChI=1S/C21H23N3O4S2/c1-28-19-10-6-5-7-16(19)13-14-22-20(25)12-11-17-15-29-21(23-17)24-30(26,27)18-8-3-2-4-9-18/h2-10,15H,11-14H2,1H3,(H,22,25)(H,23,24). The maximum Gasteiger partial charge on any atom is 0.263 e. The van der Waals surface area contributed by atoms with Gasteiger partial charge in [-0.05, 0) is 36.6 Å². The number of rotatable bonds is 10. The van der Waals surface area contributed by atoms with E-state index in [-0.39, 0.29) is 22.4 Å². The Hall–Kier alpha value is -2.91. The molecule has 1 aromatic heterocycles. The Morgan fingerprint density at radius 3 is 2.57 bits per heavy atom. The number of para-hydroxylation sites is 1. The van der Waals surface area contributed by atoms with Gasteiger partial charge in [0.2, 0.25) is 5.91 Å². The van der Waals surface area contributed by atoms with Gasteiger partial charge < -0.3 is 10.1 Å². The average Bonchev–Trinajstić information content (AvgIpc) is 3.20. The molecule has 0 bridgehead atoms. The Morgan fingerprint density at radius 1 is 1.07 bits per heavy atom. The highest BCUT2D eigenvalue weighted by Crippen LogP contribution is 2.21. The largest absolute Gasteiger partial charge is 0.496 e. The normalized spacial score (nSPS) is 11.1. The van der Waals surface area contributed by atoms with Crippen molar-refractivity contribution in [3.8, 4) is 5.75 Å². The predicted molar refractivity (Wildman–Crippen MR) is 117 cm³/mol. The summed E-state index contributed by atoms with van der Waals surface area (Å²) in [5.41, 5.74) is 1.71. The summed E-state index contributed by atoms with van der Waals surface area (Å²) in [5, 5.41) is 4.93. The molecule has 1 heterocycles. The zero-order valence-corrected chi connectivity index (χ0v) is 18.1. The lowest BCUT2D eigenvalue weighted by Crippen LogP contribution is -2.26. The van der Waals surface area contributed by atoms with E-state index in [0.717, 1.165) is 11.3 Å². The second-order valence-corrected chi connectivity index (χ2v) is 9.01. The van der Waals surface area contributed by atoms with Gasteiger partial charge in [-0.2, -0.15) is 0 Å². The van der Waals surface area contributed by atoms with Crippen LogP contribution in [0, 0.1) is 0 Å². The molecular weight excluding hydrogens is 422 g/mol. The van der Waals surface area contributed by atoms with Crippen molar-refractivity contribution < 1.29 is 17.9 Å². The maximum absolute atomic E-state index is 12.3. The monoisotopic (exact) mass is 445 g/mol. The first-order valence-electron chi connectivity index (χ1n) is 9.39. The zero-order chi connectivity index (χ0) is 21.4. The van der Waals surface area contributed by atoms with Gasteiger partial charge in [-0.1, -0.05) is 36.4 Å². The van der Waals surface area contributed by atoms with Crippen LogP contribution in [-0.4, -0.2) is 33.0 Å². The van der Waals surface area contributed by atoms with Crippen LogP contribution in [0.3, 0.4) is 0 Å². The summed E-state index contributed by atoms with van der Waals surface area (Å²) in [7, 11) is -2.04. The second kappa shape index (κ2) is 10.2. The predicted octanol–water partition coefficient (Wildman–Crippen LogP) is 3.24. The Labute approximate surface area is 180 Å². The van der Waals surface area contributed by atoms with E-state index in [0.29, 0.717) is 25.1 Å². The molecule has 158 valence electrons. The number of ether oxygens (including phenoxy) is 1. The van der Waals surface area contributed by atoms with Gasteiger partial charge in [-0.15, -0.1) is 11.3 Å². The number of carbonyl (C=O) groups is 1. The van der Waals surface area contributed by atoms with Gasteiger partial charge in [0, 0.05) is 18.3 Å². The number of aromatic nitrogens is 1. The smallest absolute Gasteiger partial charge is 0.263 e. The zero-order valence-electron chi connectivity index (χ0n) is 16.5. The van der Waals surface area contributed by atoms with Crippen molar-refractivity contribution in [1.82, 2.24) is 10.3 Å². The lowest BCUT2D eigenvalue weighted by atomic mass is 10.1. The lowest BCUT2D eigenvalue weighted by molar-refractivity contribution is -0.121. The van der Waals surface area contributed by atoms with Crippen molar-refractivity contribution in [1.29, 1.82) is 0 Å². The highest BCUT2D eigenvalue weighted by Gasteiger charge is 2.16. The SMILES string of the molecule is COc1ccccc1CCNC(=O)CCc1csc(NS(=O)(=O)c2ccccc2)n1.